The van der Waals surface area contributed by atoms with Crippen molar-refractivity contribution in [1.82, 2.24) is 9.55 Å². The molecule has 2 aromatic carbocycles. The third-order valence-electron chi connectivity index (χ3n) is 4.13. The van der Waals surface area contributed by atoms with E-state index in [1.807, 2.05) is 60.7 Å². The van der Waals surface area contributed by atoms with Crippen molar-refractivity contribution < 1.29 is 4.92 Å². The Kier molecular flexibility index (Phi) is 4.10. The number of pyridine rings is 2. The SMILES string of the molecule is O=c1cc(Nc2ccccc2)n(-c2ccccc2)c2nccc([N+](=O)[O-])c12. The molecule has 0 aliphatic carbocycles. The number of anilines is 2. The largest absolute Gasteiger partial charge is 0.341 e. The first kappa shape index (κ1) is 16.5. The fraction of sp³-hybridized carbons (Fsp3) is 0. The number of fused-ring (bicyclic) bond motifs is 1. The van der Waals surface area contributed by atoms with Gasteiger partial charge in [-0.25, -0.2) is 4.98 Å². The van der Waals surface area contributed by atoms with Gasteiger partial charge in [-0.1, -0.05) is 36.4 Å². The van der Waals surface area contributed by atoms with Gasteiger partial charge in [0.05, 0.1) is 4.92 Å². The molecule has 4 aromatic rings. The lowest BCUT2D eigenvalue weighted by Crippen LogP contribution is -2.14. The van der Waals surface area contributed by atoms with E-state index >= 15 is 0 Å². The molecule has 0 unspecified atom stereocenters. The van der Waals surface area contributed by atoms with Crippen LogP contribution in [0.25, 0.3) is 16.7 Å². The van der Waals surface area contributed by atoms with E-state index < -0.39 is 10.4 Å². The quantitative estimate of drug-likeness (QED) is 0.439. The Morgan fingerprint density at radius 2 is 1.63 bits per heavy atom. The minimum atomic E-state index is -0.564. The van der Waals surface area contributed by atoms with E-state index in [9.17, 15) is 14.9 Å². The summed E-state index contributed by atoms with van der Waals surface area (Å²) in [5.41, 5.74) is 1.01. The van der Waals surface area contributed by atoms with Crippen molar-refractivity contribution in [2.75, 3.05) is 5.32 Å². The Morgan fingerprint density at radius 3 is 2.30 bits per heavy atom. The Balaban J connectivity index is 2.06. The van der Waals surface area contributed by atoms with E-state index in [1.165, 1.54) is 18.3 Å². The number of para-hydroxylation sites is 2. The third kappa shape index (κ3) is 3.02. The maximum Gasteiger partial charge on any atom is 0.285 e. The molecule has 0 aliphatic heterocycles. The van der Waals surface area contributed by atoms with Gasteiger partial charge in [-0.3, -0.25) is 19.5 Å². The van der Waals surface area contributed by atoms with Gasteiger partial charge in [-0.05, 0) is 24.3 Å². The Hall–Kier alpha value is -4.00. The number of nitrogens with one attached hydrogen (secondary N) is 1. The molecule has 7 heteroatoms. The molecule has 0 amide bonds. The van der Waals surface area contributed by atoms with Crippen LogP contribution >= 0.6 is 0 Å². The summed E-state index contributed by atoms with van der Waals surface area (Å²) < 4.78 is 1.71. The molecule has 0 saturated carbocycles. The van der Waals surface area contributed by atoms with Crippen molar-refractivity contribution in [2.24, 2.45) is 0 Å². The van der Waals surface area contributed by atoms with Crippen molar-refractivity contribution >= 4 is 28.2 Å². The standard InChI is InChI=1S/C20H14N4O3/c25-17-13-18(22-14-7-3-1-4-8-14)23(15-9-5-2-6-10-15)20-19(17)16(24(26)27)11-12-21-20/h1-13,22H. The zero-order chi connectivity index (χ0) is 18.8. The predicted molar refractivity (Wildman–Crippen MR) is 104 cm³/mol. The molecule has 0 atom stereocenters. The van der Waals surface area contributed by atoms with E-state index in [4.69, 9.17) is 0 Å². The van der Waals surface area contributed by atoms with Crippen LogP contribution in [0.3, 0.4) is 0 Å². The molecule has 0 radical (unpaired) electrons. The van der Waals surface area contributed by atoms with Gasteiger partial charge < -0.3 is 5.32 Å². The number of rotatable bonds is 4. The zero-order valence-electron chi connectivity index (χ0n) is 14.1. The lowest BCUT2D eigenvalue weighted by Gasteiger charge is -2.17. The Morgan fingerprint density at radius 1 is 0.963 bits per heavy atom. The lowest BCUT2D eigenvalue weighted by atomic mass is 10.2. The van der Waals surface area contributed by atoms with Gasteiger partial charge in [0.1, 0.15) is 11.2 Å². The topological polar surface area (TPSA) is 90.1 Å². The monoisotopic (exact) mass is 358 g/mol. The lowest BCUT2D eigenvalue weighted by molar-refractivity contribution is -0.383. The summed E-state index contributed by atoms with van der Waals surface area (Å²) in [4.78, 5) is 27.8. The van der Waals surface area contributed by atoms with E-state index in [1.54, 1.807) is 4.57 Å². The Bertz CT molecular complexity index is 1190. The van der Waals surface area contributed by atoms with Crippen molar-refractivity contribution in [1.29, 1.82) is 0 Å². The minimum Gasteiger partial charge on any atom is -0.341 e. The molecule has 0 saturated heterocycles. The number of nitro groups is 1. The van der Waals surface area contributed by atoms with Gasteiger partial charge in [0.2, 0.25) is 0 Å². The fourth-order valence-electron chi connectivity index (χ4n) is 2.97. The van der Waals surface area contributed by atoms with Gasteiger partial charge in [-0.15, -0.1) is 0 Å². The highest BCUT2D eigenvalue weighted by molar-refractivity contribution is 5.88. The summed E-state index contributed by atoms with van der Waals surface area (Å²) in [5, 5.41) is 14.6. The summed E-state index contributed by atoms with van der Waals surface area (Å²) in [6.07, 6.45) is 1.34. The number of nitrogens with zero attached hydrogens (tertiary/aromatic N) is 3. The highest BCUT2D eigenvalue weighted by Crippen LogP contribution is 2.27. The highest BCUT2D eigenvalue weighted by atomic mass is 16.6. The van der Waals surface area contributed by atoms with Gasteiger partial charge in [-0.2, -0.15) is 0 Å². The van der Waals surface area contributed by atoms with Crippen molar-refractivity contribution in [3.8, 4) is 5.69 Å². The average molecular weight is 358 g/mol. The van der Waals surface area contributed by atoms with Crippen LogP contribution in [0.15, 0.2) is 83.8 Å². The normalized spacial score (nSPS) is 10.7. The average Bonchev–Trinajstić information content (AvgIpc) is 2.69. The van der Waals surface area contributed by atoms with Crippen LogP contribution < -0.4 is 10.7 Å². The minimum absolute atomic E-state index is 0.0232. The second-order valence-corrected chi connectivity index (χ2v) is 5.84. The molecule has 0 spiro atoms. The first-order chi connectivity index (χ1) is 13.1. The first-order valence-corrected chi connectivity index (χ1v) is 8.22. The Labute approximate surface area is 153 Å². The van der Waals surface area contributed by atoms with Gasteiger partial charge in [0.15, 0.2) is 11.1 Å². The van der Waals surface area contributed by atoms with Gasteiger partial charge in [0, 0.05) is 29.7 Å². The molecular formula is C20H14N4O3. The fourth-order valence-corrected chi connectivity index (χ4v) is 2.97. The van der Waals surface area contributed by atoms with Crippen molar-refractivity contribution in [3.05, 3.63) is 99.3 Å². The van der Waals surface area contributed by atoms with Gasteiger partial charge >= 0.3 is 0 Å². The molecule has 132 valence electrons. The summed E-state index contributed by atoms with van der Waals surface area (Å²) in [7, 11) is 0. The van der Waals surface area contributed by atoms with Gasteiger partial charge in [0.25, 0.3) is 5.69 Å². The van der Waals surface area contributed by atoms with Crippen LogP contribution in [0.5, 0.6) is 0 Å². The summed E-state index contributed by atoms with van der Waals surface area (Å²) in [5.74, 6) is 0.470. The zero-order valence-corrected chi connectivity index (χ0v) is 14.1. The number of benzene rings is 2. The summed E-state index contributed by atoms with van der Waals surface area (Å²) in [6.45, 7) is 0. The van der Waals surface area contributed by atoms with E-state index in [0.29, 0.717) is 5.82 Å². The number of hydrogen-bond donors (Lipinski definition) is 1. The maximum absolute atomic E-state index is 12.7. The molecule has 1 N–H and O–H groups in total. The highest BCUT2D eigenvalue weighted by Gasteiger charge is 2.20. The van der Waals surface area contributed by atoms with Crippen LogP contribution in [0, 0.1) is 10.1 Å². The van der Waals surface area contributed by atoms with Crippen LogP contribution in [0.1, 0.15) is 0 Å². The van der Waals surface area contributed by atoms with E-state index in [0.717, 1.165) is 11.4 Å². The van der Waals surface area contributed by atoms with E-state index in [-0.39, 0.29) is 16.7 Å². The molecule has 0 bridgehead atoms. The second-order valence-electron chi connectivity index (χ2n) is 5.84. The van der Waals surface area contributed by atoms with Crippen LogP contribution in [-0.4, -0.2) is 14.5 Å². The number of aromatic nitrogens is 2. The molecule has 7 nitrogen and oxygen atoms in total. The molecule has 4 rings (SSSR count). The molecule has 2 aromatic heterocycles. The van der Waals surface area contributed by atoms with Crippen molar-refractivity contribution in [2.45, 2.75) is 0 Å². The smallest absolute Gasteiger partial charge is 0.285 e. The van der Waals surface area contributed by atoms with Crippen LogP contribution in [0.2, 0.25) is 0 Å². The molecule has 0 fully saturated rings. The molecular weight excluding hydrogens is 344 g/mol. The maximum atomic E-state index is 12.7. The van der Waals surface area contributed by atoms with Crippen LogP contribution in [-0.2, 0) is 0 Å². The van der Waals surface area contributed by atoms with Crippen LogP contribution in [0.4, 0.5) is 17.2 Å². The summed E-state index contributed by atoms with van der Waals surface area (Å²) >= 11 is 0. The van der Waals surface area contributed by atoms with E-state index in [2.05, 4.69) is 10.3 Å². The molecule has 2 heterocycles. The number of hydrogen-bond acceptors (Lipinski definition) is 5. The van der Waals surface area contributed by atoms with Crippen molar-refractivity contribution in [3.63, 3.8) is 0 Å². The molecule has 27 heavy (non-hydrogen) atoms. The summed E-state index contributed by atoms with van der Waals surface area (Å²) in [6, 6.07) is 21.2. The first-order valence-electron chi connectivity index (χ1n) is 8.22. The predicted octanol–water partition coefficient (Wildman–Crippen LogP) is 4.04. The third-order valence-corrected chi connectivity index (χ3v) is 4.13. The molecule has 0 aliphatic rings. The second kappa shape index (κ2) is 6.72.